The van der Waals surface area contributed by atoms with Crippen LogP contribution >= 0.6 is 23.2 Å². The molecule has 1 fully saturated rings. The van der Waals surface area contributed by atoms with Crippen molar-refractivity contribution in [2.45, 2.75) is 19.9 Å². The van der Waals surface area contributed by atoms with Gasteiger partial charge in [-0.25, -0.2) is 0 Å². The molecular formula is C14H19Cl2N3O. The highest BCUT2D eigenvalue weighted by Gasteiger charge is 2.27. The third-order valence-corrected chi connectivity index (χ3v) is 4.54. The molecule has 0 radical (unpaired) electrons. The zero-order valence-corrected chi connectivity index (χ0v) is 13.2. The summed E-state index contributed by atoms with van der Waals surface area (Å²) in [5.74, 6) is -0.105. The Morgan fingerprint density at radius 3 is 2.70 bits per heavy atom. The van der Waals surface area contributed by atoms with Gasteiger partial charge in [-0.2, -0.15) is 0 Å². The zero-order valence-electron chi connectivity index (χ0n) is 11.7. The van der Waals surface area contributed by atoms with Gasteiger partial charge in [0.2, 0.25) is 0 Å². The second-order valence-corrected chi connectivity index (χ2v) is 5.88. The predicted octanol–water partition coefficient (Wildman–Crippen LogP) is 2.74. The molecule has 0 saturated carbocycles. The number of nitrogens with zero attached hydrogens (tertiary/aromatic N) is 2. The fourth-order valence-electron chi connectivity index (χ4n) is 2.59. The van der Waals surface area contributed by atoms with E-state index in [2.05, 4.69) is 18.7 Å². The van der Waals surface area contributed by atoms with E-state index in [1.54, 1.807) is 12.1 Å². The second-order valence-electron chi connectivity index (χ2n) is 5.09. The molecule has 0 aromatic heterocycles. The predicted molar refractivity (Wildman–Crippen MR) is 83.5 cm³/mol. The van der Waals surface area contributed by atoms with Crippen LogP contribution in [0.3, 0.4) is 0 Å². The van der Waals surface area contributed by atoms with E-state index in [0.29, 0.717) is 35.4 Å². The summed E-state index contributed by atoms with van der Waals surface area (Å²) in [6.07, 6.45) is 0. The van der Waals surface area contributed by atoms with Gasteiger partial charge in [0.05, 0.1) is 15.6 Å². The number of piperazine rings is 1. The zero-order chi connectivity index (χ0) is 14.9. The lowest BCUT2D eigenvalue weighted by molar-refractivity contribution is 0.0528. The van der Waals surface area contributed by atoms with Crippen molar-refractivity contribution in [1.29, 1.82) is 0 Å². The number of nitrogen functional groups attached to an aromatic ring is 1. The van der Waals surface area contributed by atoms with Crippen molar-refractivity contribution in [3.05, 3.63) is 27.7 Å². The maximum Gasteiger partial charge on any atom is 0.255 e. The third-order valence-electron chi connectivity index (χ3n) is 3.74. The van der Waals surface area contributed by atoms with Crippen molar-refractivity contribution in [2.75, 3.05) is 31.9 Å². The Kier molecular flexibility index (Phi) is 4.78. The smallest absolute Gasteiger partial charge is 0.255 e. The molecule has 1 amide bonds. The molecule has 0 aliphatic carbocycles. The standard InChI is InChI=1S/C14H19Cl2N3O/c1-3-18-4-5-19(8-9(18)2)14(20)11-6-10(17)7-12(15)13(11)16/h6-7,9H,3-5,8,17H2,1-2H3. The van der Waals surface area contributed by atoms with E-state index in [-0.39, 0.29) is 10.9 Å². The second kappa shape index (κ2) is 6.20. The number of nitrogens with two attached hydrogens (primary N) is 1. The number of anilines is 1. The van der Waals surface area contributed by atoms with E-state index >= 15 is 0 Å². The summed E-state index contributed by atoms with van der Waals surface area (Å²) in [7, 11) is 0. The van der Waals surface area contributed by atoms with Crippen LogP contribution in [0.4, 0.5) is 5.69 Å². The number of hydrogen-bond acceptors (Lipinski definition) is 3. The van der Waals surface area contributed by atoms with E-state index < -0.39 is 0 Å². The lowest BCUT2D eigenvalue weighted by Gasteiger charge is -2.39. The normalized spacial score (nSPS) is 20.2. The number of benzene rings is 1. The molecule has 1 saturated heterocycles. The van der Waals surface area contributed by atoms with Gasteiger partial charge in [0.1, 0.15) is 0 Å². The maximum atomic E-state index is 12.6. The minimum atomic E-state index is -0.105. The fraction of sp³-hybridized carbons (Fsp3) is 0.500. The van der Waals surface area contributed by atoms with Gasteiger partial charge in [0.15, 0.2) is 0 Å². The maximum absolute atomic E-state index is 12.6. The van der Waals surface area contributed by atoms with E-state index in [4.69, 9.17) is 28.9 Å². The van der Waals surface area contributed by atoms with E-state index in [1.165, 1.54) is 0 Å². The van der Waals surface area contributed by atoms with Crippen LogP contribution in [-0.4, -0.2) is 47.9 Å². The Hall–Kier alpha value is -0.970. The van der Waals surface area contributed by atoms with E-state index in [0.717, 1.165) is 13.1 Å². The van der Waals surface area contributed by atoms with Crippen LogP contribution in [0.1, 0.15) is 24.2 Å². The number of rotatable bonds is 2. The summed E-state index contributed by atoms with van der Waals surface area (Å²) in [5.41, 5.74) is 6.57. The molecule has 20 heavy (non-hydrogen) atoms. The molecule has 1 aromatic carbocycles. The van der Waals surface area contributed by atoms with Gasteiger partial charge >= 0.3 is 0 Å². The van der Waals surface area contributed by atoms with Crippen LogP contribution < -0.4 is 5.73 Å². The molecule has 0 spiro atoms. The molecule has 1 aliphatic heterocycles. The first-order valence-electron chi connectivity index (χ1n) is 6.71. The van der Waals surface area contributed by atoms with Crippen LogP contribution in [0.5, 0.6) is 0 Å². The average molecular weight is 316 g/mol. The van der Waals surface area contributed by atoms with Crippen LogP contribution in [0, 0.1) is 0 Å². The molecule has 110 valence electrons. The molecule has 6 heteroatoms. The first-order chi connectivity index (χ1) is 9.43. The number of amides is 1. The number of halogens is 2. The van der Waals surface area contributed by atoms with Gasteiger partial charge in [-0.15, -0.1) is 0 Å². The Morgan fingerprint density at radius 1 is 1.40 bits per heavy atom. The van der Waals surface area contributed by atoms with Gasteiger partial charge in [-0.05, 0) is 25.6 Å². The largest absolute Gasteiger partial charge is 0.399 e. The van der Waals surface area contributed by atoms with Gasteiger partial charge in [0.25, 0.3) is 5.91 Å². The molecule has 1 aliphatic rings. The highest BCUT2D eigenvalue weighted by atomic mass is 35.5. The SMILES string of the molecule is CCN1CCN(C(=O)c2cc(N)cc(Cl)c2Cl)CC1C. The van der Waals surface area contributed by atoms with Gasteiger partial charge in [-0.1, -0.05) is 30.1 Å². The summed E-state index contributed by atoms with van der Waals surface area (Å²) in [5, 5.41) is 0.590. The minimum absolute atomic E-state index is 0.105. The number of carbonyl (C=O) groups is 1. The third kappa shape index (κ3) is 3.03. The monoisotopic (exact) mass is 315 g/mol. The Morgan fingerprint density at radius 2 is 2.10 bits per heavy atom. The molecule has 1 aromatic rings. The van der Waals surface area contributed by atoms with Crippen molar-refractivity contribution in [2.24, 2.45) is 0 Å². The molecule has 1 atom stereocenters. The lowest BCUT2D eigenvalue weighted by Crippen LogP contribution is -2.53. The van der Waals surface area contributed by atoms with Gasteiger partial charge in [-0.3, -0.25) is 9.69 Å². The van der Waals surface area contributed by atoms with Gasteiger partial charge < -0.3 is 10.6 Å². The van der Waals surface area contributed by atoms with Crippen LogP contribution in [-0.2, 0) is 0 Å². The molecule has 4 nitrogen and oxygen atoms in total. The fourth-order valence-corrected chi connectivity index (χ4v) is 3.00. The van der Waals surface area contributed by atoms with Crippen molar-refractivity contribution < 1.29 is 4.79 Å². The molecule has 1 heterocycles. The van der Waals surface area contributed by atoms with Crippen molar-refractivity contribution in [3.63, 3.8) is 0 Å². The van der Waals surface area contributed by atoms with E-state index in [9.17, 15) is 4.79 Å². The highest BCUT2D eigenvalue weighted by molar-refractivity contribution is 6.44. The van der Waals surface area contributed by atoms with E-state index in [1.807, 2.05) is 4.90 Å². The number of likely N-dealkylation sites (N-methyl/N-ethyl adjacent to an activating group) is 1. The summed E-state index contributed by atoms with van der Waals surface area (Å²) in [6, 6.07) is 3.49. The first kappa shape index (κ1) is 15.4. The topological polar surface area (TPSA) is 49.6 Å². The van der Waals surface area contributed by atoms with Gasteiger partial charge in [0, 0.05) is 31.4 Å². The Labute approximate surface area is 129 Å². The molecule has 0 bridgehead atoms. The van der Waals surface area contributed by atoms with Crippen molar-refractivity contribution in [1.82, 2.24) is 9.80 Å². The van der Waals surface area contributed by atoms with Crippen LogP contribution in [0.2, 0.25) is 10.0 Å². The van der Waals surface area contributed by atoms with Crippen molar-refractivity contribution >= 4 is 34.8 Å². The quantitative estimate of drug-likeness (QED) is 0.854. The summed E-state index contributed by atoms with van der Waals surface area (Å²) in [6.45, 7) is 7.50. The molecule has 2 N–H and O–H groups in total. The van der Waals surface area contributed by atoms with Crippen LogP contribution in [0.15, 0.2) is 12.1 Å². The number of carbonyl (C=O) groups excluding carboxylic acids is 1. The molecule has 2 rings (SSSR count). The summed E-state index contributed by atoms with van der Waals surface area (Å²) < 4.78 is 0. The van der Waals surface area contributed by atoms with Crippen molar-refractivity contribution in [3.8, 4) is 0 Å². The summed E-state index contributed by atoms with van der Waals surface area (Å²) >= 11 is 12.1. The molecule has 1 unspecified atom stereocenters. The summed E-state index contributed by atoms with van der Waals surface area (Å²) in [4.78, 5) is 16.7. The lowest BCUT2D eigenvalue weighted by atomic mass is 10.1. The first-order valence-corrected chi connectivity index (χ1v) is 7.47. The average Bonchev–Trinajstić information content (AvgIpc) is 2.42. The Balaban J connectivity index is 2.21. The highest BCUT2D eigenvalue weighted by Crippen LogP contribution is 2.30. The Bertz CT molecular complexity index is 521. The number of hydrogen-bond donors (Lipinski definition) is 1. The van der Waals surface area contributed by atoms with Crippen LogP contribution in [0.25, 0.3) is 0 Å². The minimum Gasteiger partial charge on any atom is -0.399 e. The molecular weight excluding hydrogens is 297 g/mol.